The lowest BCUT2D eigenvalue weighted by Crippen LogP contribution is -2.34. The van der Waals surface area contributed by atoms with E-state index in [2.05, 4.69) is 38.3 Å². The van der Waals surface area contributed by atoms with Crippen LogP contribution in [0.5, 0.6) is 0 Å². The molecule has 0 radical (unpaired) electrons. The van der Waals surface area contributed by atoms with Crippen molar-refractivity contribution in [3.8, 4) is 0 Å². The second-order valence-electron chi connectivity index (χ2n) is 6.32. The Hall–Kier alpha value is -0.0800. The minimum Gasteiger partial charge on any atom is -0.316 e. The van der Waals surface area contributed by atoms with E-state index in [-0.39, 0.29) is 0 Å². The van der Waals surface area contributed by atoms with E-state index >= 15 is 0 Å². The third-order valence-corrected chi connectivity index (χ3v) is 4.27. The standard InChI is InChI=1S/C14H30N2/c1-12(2)14(3,4)11-16-8-5-6-13-7-9-15-10-13/h12-13,15-16H,5-11H2,1-4H3. The monoisotopic (exact) mass is 226 g/mol. The zero-order chi connectivity index (χ0) is 12.0. The molecule has 0 spiro atoms. The van der Waals surface area contributed by atoms with Crippen molar-refractivity contribution in [3.63, 3.8) is 0 Å². The first-order chi connectivity index (χ1) is 7.52. The highest BCUT2D eigenvalue weighted by Crippen LogP contribution is 2.24. The van der Waals surface area contributed by atoms with Gasteiger partial charge in [-0.1, -0.05) is 27.7 Å². The van der Waals surface area contributed by atoms with Crippen LogP contribution in [-0.4, -0.2) is 26.2 Å². The Morgan fingerprint density at radius 1 is 1.38 bits per heavy atom. The van der Waals surface area contributed by atoms with Gasteiger partial charge in [0.1, 0.15) is 0 Å². The van der Waals surface area contributed by atoms with Crippen LogP contribution in [0.2, 0.25) is 0 Å². The van der Waals surface area contributed by atoms with Gasteiger partial charge in [0.05, 0.1) is 0 Å². The molecule has 0 aromatic heterocycles. The fourth-order valence-electron chi connectivity index (χ4n) is 2.09. The van der Waals surface area contributed by atoms with Gasteiger partial charge in [0.25, 0.3) is 0 Å². The minimum atomic E-state index is 0.426. The SMILES string of the molecule is CC(C)C(C)(C)CNCCCC1CCNC1. The molecule has 2 N–H and O–H groups in total. The van der Waals surface area contributed by atoms with Crippen molar-refractivity contribution in [1.29, 1.82) is 0 Å². The van der Waals surface area contributed by atoms with Gasteiger partial charge in [-0.25, -0.2) is 0 Å². The smallest absolute Gasteiger partial charge is 0.000496 e. The number of nitrogens with one attached hydrogen (secondary N) is 2. The average molecular weight is 226 g/mol. The van der Waals surface area contributed by atoms with E-state index in [1.54, 1.807) is 0 Å². The molecule has 0 saturated carbocycles. The van der Waals surface area contributed by atoms with Crippen molar-refractivity contribution < 1.29 is 0 Å². The van der Waals surface area contributed by atoms with Crippen molar-refractivity contribution in [1.82, 2.24) is 10.6 Å². The van der Waals surface area contributed by atoms with Crippen LogP contribution >= 0.6 is 0 Å². The van der Waals surface area contributed by atoms with Crippen molar-refractivity contribution in [2.24, 2.45) is 17.3 Å². The molecule has 1 fully saturated rings. The summed E-state index contributed by atoms with van der Waals surface area (Å²) in [7, 11) is 0. The molecule has 1 rings (SSSR count). The van der Waals surface area contributed by atoms with Crippen LogP contribution in [0.25, 0.3) is 0 Å². The Morgan fingerprint density at radius 3 is 2.69 bits per heavy atom. The van der Waals surface area contributed by atoms with Gasteiger partial charge in [-0.05, 0) is 56.1 Å². The highest BCUT2D eigenvalue weighted by molar-refractivity contribution is 4.75. The molecule has 0 amide bonds. The minimum absolute atomic E-state index is 0.426. The predicted molar refractivity (Wildman–Crippen MR) is 71.7 cm³/mol. The molecule has 0 bridgehead atoms. The quantitative estimate of drug-likeness (QED) is 0.652. The van der Waals surface area contributed by atoms with E-state index in [1.165, 1.54) is 38.9 Å². The zero-order valence-electron chi connectivity index (χ0n) is 11.6. The summed E-state index contributed by atoms with van der Waals surface area (Å²) in [6.07, 6.45) is 4.11. The van der Waals surface area contributed by atoms with Crippen LogP contribution in [0.1, 0.15) is 47.0 Å². The lowest BCUT2D eigenvalue weighted by Gasteiger charge is -2.29. The summed E-state index contributed by atoms with van der Waals surface area (Å²) in [6, 6.07) is 0. The first-order valence-corrected chi connectivity index (χ1v) is 6.94. The van der Waals surface area contributed by atoms with Crippen LogP contribution in [0.4, 0.5) is 0 Å². The molecular weight excluding hydrogens is 196 g/mol. The van der Waals surface area contributed by atoms with Crippen LogP contribution in [-0.2, 0) is 0 Å². The highest BCUT2D eigenvalue weighted by Gasteiger charge is 2.21. The predicted octanol–water partition coefficient (Wildman–Crippen LogP) is 2.65. The number of rotatable bonds is 7. The second-order valence-corrected chi connectivity index (χ2v) is 6.32. The van der Waals surface area contributed by atoms with Gasteiger partial charge in [0.2, 0.25) is 0 Å². The van der Waals surface area contributed by atoms with Gasteiger partial charge in [-0.3, -0.25) is 0 Å². The summed E-state index contributed by atoms with van der Waals surface area (Å²) < 4.78 is 0. The van der Waals surface area contributed by atoms with E-state index < -0.39 is 0 Å². The number of hydrogen-bond donors (Lipinski definition) is 2. The van der Waals surface area contributed by atoms with E-state index in [4.69, 9.17) is 0 Å². The summed E-state index contributed by atoms with van der Waals surface area (Å²) in [4.78, 5) is 0. The van der Waals surface area contributed by atoms with Crippen LogP contribution < -0.4 is 10.6 Å². The maximum absolute atomic E-state index is 3.61. The van der Waals surface area contributed by atoms with E-state index in [9.17, 15) is 0 Å². The average Bonchev–Trinajstić information content (AvgIpc) is 2.69. The van der Waals surface area contributed by atoms with E-state index in [0.717, 1.165) is 18.4 Å². The fourth-order valence-corrected chi connectivity index (χ4v) is 2.09. The topological polar surface area (TPSA) is 24.1 Å². The van der Waals surface area contributed by atoms with Crippen molar-refractivity contribution in [2.45, 2.75) is 47.0 Å². The van der Waals surface area contributed by atoms with E-state index in [0.29, 0.717) is 5.41 Å². The van der Waals surface area contributed by atoms with Gasteiger partial charge in [0, 0.05) is 6.54 Å². The highest BCUT2D eigenvalue weighted by atomic mass is 14.9. The third kappa shape index (κ3) is 4.84. The molecule has 2 heteroatoms. The first-order valence-electron chi connectivity index (χ1n) is 6.94. The molecular formula is C14H30N2. The molecule has 1 heterocycles. The summed E-state index contributed by atoms with van der Waals surface area (Å²) in [5.74, 6) is 1.69. The molecule has 1 atom stereocenters. The molecule has 1 aliphatic rings. The summed E-state index contributed by atoms with van der Waals surface area (Å²) >= 11 is 0. The maximum atomic E-state index is 3.61. The Bertz CT molecular complexity index is 181. The van der Waals surface area contributed by atoms with Crippen molar-refractivity contribution in [2.75, 3.05) is 26.2 Å². The lowest BCUT2D eigenvalue weighted by atomic mass is 9.81. The maximum Gasteiger partial charge on any atom is 0.000496 e. The van der Waals surface area contributed by atoms with Crippen molar-refractivity contribution >= 4 is 0 Å². The van der Waals surface area contributed by atoms with E-state index in [1.807, 2.05) is 0 Å². The fraction of sp³-hybridized carbons (Fsp3) is 1.00. The second kappa shape index (κ2) is 6.61. The molecule has 16 heavy (non-hydrogen) atoms. The molecule has 0 aromatic rings. The molecule has 1 aliphatic heterocycles. The Labute approximate surface area is 102 Å². The van der Waals surface area contributed by atoms with Gasteiger partial charge in [0.15, 0.2) is 0 Å². The van der Waals surface area contributed by atoms with Crippen LogP contribution in [0, 0.1) is 17.3 Å². The summed E-state index contributed by atoms with van der Waals surface area (Å²) in [6.45, 7) is 14.1. The first kappa shape index (κ1) is 14.0. The zero-order valence-corrected chi connectivity index (χ0v) is 11.6. The van der Waals surface area contributed by atoms with Gasteiger partial charge in [-0.2, -0.15) is 0 Å². The molecule has 0 aliphatic carbocycles. The van der Waals surface area contributed by atoms with Crippen molar-refractivity contribution in [3.05, 3.63) is 0 Å². The Kier molecular flexibility index (Phi) is 5.77. The summed E-state index contributed by atoms with van der Waals surface area (Å²) in [5.41, 5.74) is 0.426. The molecule has 1 unspecified atom stereocenters. The van der Waals surface area contributed by atoms with Crippen LogP contribution in [0.15, 0.2) is 0 Å². The number of hydrogen-bond acceptors (Lipinski definition) is 2. The Morgan fingerprint density at radius 2 is 2.12 bits per heavy atom. The Balaban J connectivity index is 1.99. The summed E-state index contributed by atoms with van der Waals surface area (Å²) in [5, 5.41) is 7.04. The normalized spacial score (nSPS) is 21.9. The third-order valence-electron chi connectivity index (χ3n) is 4.27. The lowest BCUT2D eigenvalue weighted by molar-refractivity contribution is 0.237. The molecule has 2 nitrogen and oxygen atoms in total. The van der Waals surface area contributed by atoms with Gasteiger partial charge in [-0.15, -0.1) is 0 Å². The van der Waals surface area contributed by atoms with Gasteiger partial charge >= 0.3 is 0 Å². The molecule has 0 aromatic carbocycles. The molecule has 1 saturated heterocycles. The van der Waals surface area contributed by atoms with Crippen LogP contribution in [0.3, 0.4) is 0 Å². The molecule has 96 valence electrons. The largest absolute Gasteiger partial charge is 0.316 e. The van der Waals surface area contributed by atoms with Gasteiger partial charge < -0.3 is 10.6 Å².